The molecule has 1 N–H and O–H groups in total. The van der Waals surface area contributed by atoms with Gasteiger partial charge in [0, 0.05) is 0 Å². The van der Waals surface area contributed by atoms with Crippen LogP contribution in [0.15, 0.2) is 22.5 Å². The number of carbonyl (C=O) groups is 1. The van der Waals surface area contributed by atoms with E-state index in [-0.39, 0.29) is 12.5 Å². The van der Waals surface area contributed by atoms with E-state index in [4.69, 9.17) is 4.74 Å². The third-order valence-corrected chi connectivity index (χ3v) is 5.33. The quantitative estimate of drug-likeness (QED) is 0.672. The lowest BCUT2D eigenvalue weighted by Crippen LogP contribution is -2.20. The van der Waals surface area contributed by atoms with Crippen molar-refractivity contribution in [2.75, 3.05) is 18.2 Å². The highest BCUT2D eigenvalue weighted by Gasteiger charge is 2.12. The van der Waals surface area contributed by atoms with Crippen LogP contribution in [0.2, 0.25) is 0 Å². The molecule has 0 spiro atoms. The minimum absolute atomic E-state index is 0.0209. The average Bonchev–Trinajstić information content (AvgIpc) is 3.00. The van der Waals surface area contributed by atoms with Crippen molar-refractivity contribution >= 4 is 34.1 Å². The number of amides is 1. The van der Waals surface area contributed by atoms with Crippen LogP contribution < -0.4 is 10.1 Å². The summed E-state index contributed by atoms with van der Waals surface area (Å²) < 4.78 is 6.40. The lowest BCUT2D eigenvalue weighted by molar-refractivity contribution is -0.118. The van der Waals surface area contributed by atoms with Crippen molar-refractivity contribution in [3.05, 3.63) is 29.3 Å². The molecular formula is C15H17N3O2S2. The van der Waals surface area contributed by atoms with Crippen LogP contribution in [0.1, 0.15) is 24.0 Å². The Balaban J connectivity index is 1.54. The third kappa shape index (κ3) is 3.78. The molecular weight excluding hydrogens is 318 g/mol. The van der Waals surface area contributed by atoms with Crippen molar-refractivity contribution in [1.82, 2.24) is 10.2 Å². The van der Waals surface area contributed by atoms with Crippen LogP contribution >= 0.6 is 23.1 Å². The molecule has 1 aromatic heterocycles. The maximum atomic E-state index is 11.9. The highest BCUT2D eigenvalue weighted by Crippen LogP contribution is 2.25. The summed E-state index contributed by atoms with van der Waals surface area (Å²) in [4.78, 5) is 11.9. The number of hydrogen-bond donors (Lipinski definition) is 1. The van der Waals surface area contributed by atoms with Gasteiger partial charge in [-0.1, -0.05) is 29.2 Å². The maximum absolute atomic E-state index is 11.9. The first-order valence-corrected chi connectivity index (χ1v) is 9.20. The largest absolute Gasteiger partial charge is 0.484 e. The number of aromatic nitrogens is 2. The molecule has 22 heavy (non-hydrogen) atoms. The van der Waals surface area contributed by atoms with Crippen LogP contribution in [0.3, 0.4) is 0 Å². The molecule has 0 saturated carbocycles. The molecule has 0 aliphatic heterocycles. The number of aryl methyl sites for hydroxylation is 2. The molecule has 1 amide bonds. The van der Waals surface area contributed by atoms with Gasteiger partial charge in [-0.3, -0.25) is 10.1 Å². The summed E-state index contributed by atoms with van der Waals surface area (Å²) in [6.07, 6.45) is 6.65. The highest BCUT2D eigenvalue weighted by atomic mass is 32.2. The molecule has 0 saturated heterocycles. The van der Waals surface area contributed by atoms with E-state index in [0.29, 0.717) is 5.13 Å². The van der Waals surface area contributed by atoms with E-state index in [1.165, 1.54) is 47.1 Å². The summed E-state index contributed by atoms with van der Waals surface area (Å²) in [5.41, 5.74) is 2.75. The number of hydrogen-bond acceptors (Lipinski definition) is 6. The standard InChI is InChI=1S/C15H17N3O2S2/c1-21-15-18-17-14(22-15)16-13(19)9-20-12-7-6-10-4-2-3-5-11(10)8-12/h6-8H,2-5,9H2,1H3,(H,16,17,19). The number of nitrogens with zero attached hydrogens (tertiary/aromatic N) is 2. The van der Waals surface area contributed by atoms with Crippen molar-refractivity contribution in [3.8, 4) is 5.75 Å². The second-order valence-corrected chi connectivity index (χ2v) is 7.08. The Morgan fingerprint density at radius 2 is 2.14 bits per heavy atom. The Kier molecular flexibility index (Phi) is 4.94. The second-order valence-electron chi connectivity index (χ2n) is 5.05. The van der Waals surface area contributed by atoms with Crippen molar-refractivity contribution in [2.24, 2.45) is 0 Å². The second kappa shape index (κ2) is 7.11. The molecule has 0 radical (unpaired) electrons. The van der Waals surface area contributed by atoms with Crippen LogP contribution in [-0.2, 0) is 17.6 Å². The van der Waals surface area contributed by atoms with E-state index < -0.39 is 0 Å². The summed E-state index contributed by atoms with van der Waals surface area (Å²) in [6, 6.07) is 6.10. The van der Waals surface area contributed by atoms with Gasteiger partial charge >= 0.3 is 0 Å². The number of fused-ring (bicyclic) bond motifs is 1. The molecule has 1 heterocycles. The normalized spacial score (nSPS) is 13.5. The zero-order chi connectivity index (χ0) is 15.4. The van der Waals surface area contributed by atoms with Crippen molar-refractivity contribution < 1.29 is 9.53 Å². The maximum Gasteiger partial charge on any atom is 0.264 e. The van der Waals surface area contributed by atoms with Gasteiger partial charge in [0.1, 0.15) is 5.75 Å². The number of benzene rings is 1. The summed E-state index contributed by atoms with van der Waals surface area (Å²) in [7, 11) is 0. The van der Waals surface area contributed by atoms with Gasteiger partial charge in [0.15, 0.2) is 10.9 Å². The molecule has 5 nitrogen and oxygen atoms in total. The molecule has 116 valence electrons. The zero-order valence-electron chi connectivity index (χ0n) is 12.3. The SMILES string of the molecule is CSc1nnc(NC(=O)COc2ccc3c(c2)CCCC3)s1. The number of ether oxygens (including phenoxy) is 1. The Hall–Kier alpha value is -1.60. The van der Waals surface area contributed by atoms with Crippen LogP contribution in [0, 0.1) is 0 Å². The van der Waals surface area contributed by atoms with Crippen molar-refractivity contribution in [2.45, 2.75) is 30.0 Å². The first kappa shape index (κ1) is 15.3. The minimum atomic E-state index is -0.221. The first-order valence-electron chi connectivity index (χ1n) is 7.16. The van der Waals surface area contributed by atoms with Gasteiger partial charge in [0.2, 0.25) is 5.13 Å². The number of anilines is 1. The van der Waals surface area contributed by atoms with Gasteiger partial charge in [-0.2, -0.15) is 0 Å². The van der Waals surface area contributed by atoms with Crippen molar-refractivity contribution in [3.63, 3.8) is 0 Å². The number of carbonyl (C=O) groups excluding carboxylic acids is 1. The Morgan fingerprint density at radius 1 is 1.32 bits per heavy atom. The number of nitrogens with one attached hydrogen (secondary N) is 1. The lowest BCUT2D eigenvalue weighted by Gasteiger charge is -2.16. The van der Waals surface area contributed by atoms with Crippen LogP contribution in [-0.4, -0.2) is 29.0 Å². The zero-order valence-corrected chi connectivity index (χ0v) is 13.9. The monoisotopic (exact) mass is 335 g/mol. The molecule has 1 aliphatic carbocycles. The molecule has 1 aromatic carbocycles. The van der Waals surface area contributed by atoms with E-state index in [0.717, 1.165) is 22.9 Å². The van der Waals surface area contributed by atoms with E-state index in [2.05, 4.69) is 27.6 Å². The van der Waals surface area contributed by atoms with E-state index in [1.54, 1.807) is 0 Å². The fourth-order valence-electron chi connectivity index (χ4n) is 2.45. The molecule has 0 atom stereocenters. The fourth-order valence-corrected chi connectivity index (χ4v) is 3.63. The third-order valence-electron chi connectivity index (χ3n) is 3.52. The lowest BCUT2D eigenvalue weighted by atomic mass is 9.92. The Labute approximate surface area is 137 Å². The summed E-state index contributed by atoms with van der Waals surface area (Å²) in [6.45, 7) is -0.0209. The van der Waals surface area contributed by atoms with Gasteiger partial charge < -0.3 is 4.74 Å². The van der Waals surface area contributed by atoms with Crippen LogP contribution in [0.5, 0.6) is 5.75 Å². The number of thioether (sulfide) groups is 1. The smallest absolute Gasteiger partial charge is 0.264 e. The molecule has 1 aliphatic rings. The number of rotatable bonds is 5. The van der Waals surface area contributed by atoms with E-state index in [1.807, 2.05) is 12.3 Å². The summed E-state index contributed by atoms with van der Waals surface area (Å²) >= 11 is 2.86. The predicted octanol–water partition coefficient (Wildman–Crippen LogP) is 3.16. The molecule has 0 fully saturated rings. The molecule has 2 aromatic rings. The van der Waals surface area contributed by atoms with Crippen molar-refractivity contribution in [1.29, 1.82) is 0 Å². The van der Waals surface area contributed by atoms with Gasteiger partial charge in [-0.05, 0) is 55.2 Å². The first-order chi connectivity index (χ1) is 10.7. The van der Waals surface area contributed by atoms with Crippen LogP contribution in [0.25, 0.3) is 0 Å². The summed E-state index contributed by atoms with van der Waals surface area (Å²) in [5, 5.41) is 11.0. The van der Waals surface area contributed by atoms with Crippen LogP contribution in [0.4, 0.5) is 5.13 Å². The Morgan fingerprint density at radius 3 is 2.91 bits per heavy atom. The molecule has 3 rings (SSSR count). The summed E-state index contributed by atoms with van der Waals surface area (Å²) in [5.74, 6) is 0.527. The fraction of sp³-hybridized carbons (Fsp3) is 0.400. The average molecular weight is 335 g/mol. The topological polar surface area (TPSA) is 64.1 Å². The predicted molar refractivity (Wildman–Crippen MR) is 88.9 cm³/mol. The van der Waals surface area contributed by atoms with Gasteiger partial charge in [-0.25, -0.2) is 0 Å². The molecule has 7 heteroatoms. The van der Waals surface area contributed by atoms with E-state index >= 15 is 0 Å². The minimum Gasteiger partial charge on any atom is -0.484 e. The molecule has 0 unspecified atom stereocenters. The highest BCUT2D eigenvalue weighted by molar-refractivity contribution is 8.00. The molecule has 0 bridgehead atoms. The Bertz CT molecular complexity index is 673. The van der Waals surface area contributed by atoms with E-state index in [9.17, 15) is 4.79 Å². The van der Waals surface area contributed by atoms with Gasteiger partial charge in [0.05, 0.1) is 0 Å². The van der Waals surface area contributed by atoms with Gasteiger partial charge in [-0.15, -0.1) is 10.2 Å². The van der Waals surface area contributed by atoms with Gasteiger partial charge in [0.25, 0.3) is 5.91 Å².